The van der Waals surface area contributed by atoms with Gasteiger partial charge in [-0.15, -0.1) is 0 Å². The van der Waals surface area contributed by atoms with Crippen molar-refractivity contribution in [2.24, 2.45) is 11.6 Å². The molecule has 0 bridgehead atoms. The van der Waals surface area contributed by atoms with Crippen molar-refractivity contribution < 1.29 is 8.78 Å². The van der Waals surface area contributed by atoms with Crippen molar-refractivity contribution in [1.82, 2.24) is 5.01 Å². The highest BCUT2D eigenvalue weighted by molar-refractivity contribution is 5.09. The maximum atomic E-state index is 12.0. The third kappa shape index (κ3) is 2.65. The summed E-state index contributed by atoms with van der Waals surface area (Å²) in [5.74, 6) is 5.46. The van der Waals surface area contributed by atoms with Crippen LogP contribution < -0.4 is 11.6 Å². The highest BCUT2D eigenvalue weighted by atomic mass is 19.3. The second kappa shape index (κ2) is 4.25. The van der Waals surface area contributed by atoms with Gasteiger partial charge in [-0.25, -0.2) is 14.6 Å². The van der Waals surface area contributed by atoms with E-state index in [1.807, 2.05) is 0 Å². The standard InChI is InChI=1S/C7H15F2N3/c1-4(2)12(11)5(3)6(10)7(8)9/h4,7H,10-11H2,1-3H3/b6-5-. The van der Waals surface area contributed by atoms with Crippen LogP contribution in [0, 0.1) is 0 Å². The molecule has 0 atom stereocenters. The maximum Gasteiger partial charge on any atom is 0.279 e. The zero-order valence-electron chi connectivity index (χ0n) is 7.51. The molecule has 72 valence electrons. The van der Waals surface area contributed by atoms with Crippen LogP contribution in [-0.4, -0.2) is 17.5 Å². The maximum absolute atomic E-state index is 12.0. The summed E-state index contributed by atoms with van der Waals surface area (Å²) >= 11 is 0. The van der Waals surface area contributed by atoms with Crippen LogP contribution in [0.2, 0.25) is 0 Å². The number of allylic oxidation sites excluding steroid dienone is 2. The number of nitrogens with two attached hydrogens (primary N) is 2. The first-order valence-electron chi connectivity index (χ1n) is 3.66. The smallest absolute Gasteiger partial charge is 0.279 e. The molecule has 0 aromatic carbocycles. The Kier molecular flexibility index (Phi) is 3.95. The third-order valence-corrected chi connectivity index (χ3v) is 1.60. The van der Waals surface area contributed by atoms with E-state index in [2.05, 4.69) is 0 Å². The van der Waals surface area contributed by atoms with Gasteiger partial charge < -0.3 is 10.7 Å². The van der Waals surface area contributed by atoms with Gasteiger partial charge in [-0.2, -0.15) is 0 Å². The van der Waals surface area contributed by atoms with Crippen molar-refractivity contribution in [1.29, 1.82) is 0 Å². The van der Waals surface area contributed by atoms with Crippen LogP contribution in [0.25, 0.3) is 0 Å². The SMILES string of the molecule is C/C(=C(/N)C(F)F)N(N)C(C)C. The fraction of sp³-hybridized carbons (Fsp3) is 0.714. The lowest BCUT2D eigenvalue weighted by Crippen LogP contribution is -2.37. The second-order valence-corrected chi connectivity index (χ2v) is 2.84. The molecule has 0 spiro atoms. The molecule has 0 aliphatic rings. The quantitative estimate of drug-likeness (QED) is 0.502. The number of nitrogens with zero attached hydrogens (tertiary/aromatic N) is 1. The molecule has 0 unspecified atom stereocenters. The van der Waals surface area contributed by atoms with Crippen molar-refractivity contribution in [3.63, 3.8) is 0 Å². The Morgan fingerprint density at radius 1 is 1.33 bits per heavy atom. The minimum absolute atomic E-state index is 0.0395. The van der Waals surface area contributed by atoms with Gasteiger partial charge in [0.2, 0.25) is 0 Å². The molecule has 0 amide bonds. The van der Waals surface area contributed by atoms with Gasteiger partial charge in [0.25, 0.3) is 6.43 Å². The summed E-state index contributed by atoms with van der Waals surface area (Å²) in [5.41, 5.74) is 4.86. The van der Waals surface area contributed by atoms with Crippen LogP contribution in [0.15, 0.2) is 11.4 Å². The summed E-state index contributed by atoms with van der Waals surface area (Å²) in [5, 5.41) is 1.22. The van der Waals surface area contributed by atoms with Gasteiger partial charge in [0, 0.05) is 6.04 Å². The minimum Gasteiger partial charge on any atom is -0.396 e. The van der Waals surface area contributed by atoms with Gasteiger partial charge in [0.05, 0.1) is 11.4 Å². The fourth-order valence-corrected chi connectivity index (χ4v) is 0.694. The van der Waals surface area contributed by atoms with E-state index in [0.717, 1.165) is 0 Å². The van der Waals surface area contributed by atoms with Gasteiger partial charge in [0.1, 0.15) is 0 Å². The predicted molar refractivity (Wildman–Crippen MR) is 44.1 cm³/mol. The number of hydrogen-bond donors (Lipinski definition) is 2. The first-order chi connectivity index (χ1) is 5.37. The summed E-state index contributed by atoms with van der Waals surface area (Å²) in [7, 11) is 0. The van der Waals surface area contributed by atoms with E-state index in [1.54, 1.807) is 13.8 Å². The van der Waals surface area contributed by atoms with Gasteiger partial charge in [-0.3, -0.25) is 0 Å². The first-order valence-corrected chi connectivity index (χ1v) is 3.66. The van der Waals surface area contributed by atoms with Gasteiger partial charge >= 0.3 is 0 Å². The molecule has 5 heteroatoms. The van der Waals surface area contributed by atoms with Crippen LogP contribution in [0.1, 0.15) is 20.8 Å². The molecule has 0 radical (unpaired) electrons. The minimum atomic E-state index is -2.64. The monoisotopic (exact) mass is 179 g/mol. The summed E-state index contributed by atoms with van der Waals surface area (Å²) < 4.78 is 24.1. The lowest BCUT2D eigenvalue weighted by atomic mass is 10.3. The Morgan fingerprint density at radius 2 is 1.75 bits per heavy atom. The average Bonchev–Trinajstić information content (AvgIpc) is 2.00. The summed E-state index contributed by atoms with van der Waals surface area (Å²) in [6.07, 6.45) is -2.64. The predicted octanol–water partition coefficient (Wildman–Crippen LogP) is 1.03. The van der Waals surface area contributed by atoms with E-state index < -0.39 is 12.1 Å². The molecule has 0 saturated heterocycles. The lowest BCUT2D eigenvalue weighted by molar-refractivity contribution is 0.177. The lowest BCUT2D eigenvalue weighted by Gasteiger charge is -2.24. The van der Waals surface area contributed by atoms with Crippen LogP contribution in [0.4, 0.5) is 8.78 Å². The zero-order valence-corrected chi connectivity index (χ0v) is 7.51. The van der Waals surface area contributed by atoms with Crippen molar-refractivity contribution in [2.45, 2.75) is 33.2 Å². The largest absolute Gasteiger partial charge is 0.396 e. The number of alkyl halides is 2. The number of halogens is 2. The molecule has 0 aromatic heterocycles. The average molecular weight is 179 g/mol. The van der Waals surface area contributed by atoms with Crippen LogP contribution in [0.3, 0.4) is 0 Å². The van der Waals surface area contributed by atoms with Crippen molar-refractivity contribution in [2.75, 3.05) is 0 Å². The van der Waals surface area contributed by atoms with Crippen molar-refractivity contribution >= 4 is 0 Å². The van der Waals surface area contributed by atoms with Crippen LogP contribution >= 0.6 is 0 Å². The Balaban J connectivity index is 4.54. The molecule has 0 aromatic rings. The summed E-state index contributed by atoms with van der Waals surface area (Å²) in [6.45, 7) is 5.06. The van der Waals surface area contributed by atoms with Crippen molar-refractivity contribution in [3.05, 3.63) is 11.4 Å². The summed E-state index contributed by atoms with van der Waals surface area (Å²) in [6, 6.07) is -0.0395. The summed E-state index contributed by atoms with van der Waals surface area (Å²) in [4.78, 5) is 0. The molecule has 3 nitrogen and oxygen atoms in total. The van der Waals surface area contributed by atoms with E-state index in [0.29, 0.717) is 0 Å². The molecule has 0 aliphatic heterocycles. The van der Waals surface area contributed by atoms with E-state index in [-0.39, 0.29) is 11.7 Å². The van der Waals surface area contributed by atoms with Crippen LogP contribution in [0.5, 0.6) is 0 Å². The first kappa shape index (κ1) is 11.2. The van der Waals surface area contributed by atoms with Crippen molar-refractivity contribution in [3.8, 4) is 0 Å². The molecule has 0 fully saturated rings. The Bertz CT molecular complexity index is 177. The fourth-order valence-electron chi connectivity index (χ4n) is 0.694. The highest BCUT2D eigenvalue weighted by Crippen LogP contribution is 2.11. The third-order valence-electron chi connectivity index (χ3n) is 1.60. The van der Waals surface area contributed by atoms with E-state index in [1.165, 1.54) is 11.9 Å². The molecular formula is C7H15F2N3. The van der Waals surface area contributed by atoms with E-state index in [4.69, 9.17) is 11.6 Å². The Labute approximate surface area is 71.0 Å². The van der Waals surface area contributed by atoms with Gasteiger partial charge in [-0.1, -0.05) is 0 Å². The number of hydrogen-bond acceptors (Lipinski definition) is 3. The van der Waals surface area contributed by atoms with Gasteiger partial charge in [0.15, 0.2) is 0 Å². The second-order valence-electron chi connectivity index (χ2n) is 2.84. The molecule has 4 N–H and O–H groups in total. The Hall–Kier alpha value is -0.840. The molecule has 0 rings (SSSR count). The van der Waals surface area contributed by atoms with E-state index >= 15 is 0 Å². The molecule has 0 heterocycles. The molecule has 12 heavy (non-hydrogen) atoms. The van der Waals surface area contributed by atoms with Gasteiger partial charge in [-0.05, 0) is 20.8 Å². The van der Waals surface area contributed by atoms with E-state index in [9.17, 15) is 8.78 Å². The molecule has 0 aliphatic carbocycles. The molecular weight excluding hydrogens is 164 g/mol. The normalized spacial score (nSPS) is 13.7. The zero-order chi connectivity index (χ0) is 9.89. The molecule has 0 saturated carbocycles. The topological polar surface area (TPSA) is 55.3 Å². The Morgan fingerprint density at radius 3 is 2.00 bits per heavy atom. The number of hydrazine groups is 1. The van der Waals surface area contributed by atoms with Crippen LogP contribution in [-0.2, 0) is 0 Å². The highest BCUT2D eigenvalue weighted by Gasteiger charge is 2.14. The number of rotatable bonds is 3.